The van der Waals surface area contributed by atoms with Gasteiger partial charge in [0, 0.05) is 6.21 Å². The second-order valence-electron chi connectivity index (χ2n) is 7.28. The molecule has 0 saturated carbocycles. The first-order valence-corrected chi connectivity index (χ1v) is 11.1. The molecule has 0 bridgehead atoms. The number of rotatable bonds is 7. The first-order valence-electron chi connectivity index (χ1n) is 9.61. The molecule has 0 heterocycles. The van der Waals surface area contributed by atoms with Crippen molar-refractivity contribution in [1.82, 2.24) is 0 Å². The summed E-state index contributed by atoms with van der Waals surface area (Å²) in [5.41, 5.74) is 2.46. The Morgan fingerprint density at radius 1 is 0.778 bits per heavy atom. The molecular formula is C25H28NP. The Morgan fingerprint density at radius 2 is 1.30 bits per heavy atom. The highest BCUT2D eigenvalue weighted by Gasteiger charge is 2.21. The largest absolute Gasteiger partial charge is 0.289 e. The Labute approximate surface area is 164 Å². The van der Waals surface area contributed by atoms with Gasteiger partial charge in [0.2, 0.25) is 0 Å². The molecule has 27 heavy (non-hydrogen) atoms. The molecule has 0 unspecified atom stereocenters. The molecule has 0 N–H and O–H groups in total. The molecular weight excluding hydrogens is 345 g/mol. The Kier molecular flexibility index (Phi) is 6.96. The normalized spacial score (nSPS) is 12.8. The van der Waals surface area contributed by atoms with Crippen molar-refractivity contribution in [1.29, 1.82) is 0 Å². The van der Waals surface area contributed by atoms with Crippen molar-refractivity contribution in [3.05, 3.63) is 96.1 Å². The minimum atomic E-state index is -0.422. The van der Waals surface area contributed by atoms with Crippen LogP contribution in [-0.4, -0.2) is 18.4 Å². The van der Waals surface area contributed by atoms with Crippen molar-refractivity contribution in [3.8, 4) is 0 Å². The minimum absolute atomic E-state index is 0.304. The Bertz CT molecular complexity index is 799. The van der Waals surface area contributed by atoms with Gasteiger partial charge in [0.05, 0.1) is 6.04 Å². The van der Waals surface area contributed by atoms with Crippen molar-refractivity contribution in [2.75, 3.05) is 6.16 Å². The van der Waals surface area contributed by atoms with Crippen LogP contribution in [0.25, 0.3) is 0 Å². The van der Waals surface area contributed by atoms with Crippen molar-refractivity contribution < 1.29 is 0 Å². The molecule has 3 aromatic rings. The van der Waals surface area contributed by atoms with Crippen LogP contribution >= 0.6 is 7.92 Å². The van der Waals surface area contributed by atoms with Gasteiger partial charge in [-0.2, -0.15) is 0 Å². The van der Waals surface area contributed by atoms with E-state index in [1.807, 2.05) is 6.21 Å². The van der Waals surface area contributed by atoms with E-state index < -0.39 is 7.92 Å². The smallest absolute Gasteiger partial charge is 0.0567 e. The third kappa shape index (κ3) is 5.62. The van der Waals surface area contributed by atoms with Crippen molar-refractivity contribution in [3.63, 3.8) is 0 Å². The average Bonchev–Trinajstić information content (AvgIpc) is 2.70. The van der Waals surface area contributed by atoms with Crippen LogP contribution in [0.4, 0.5) is 0 Å². The Morgan fingerprint density at radius 3 is 1.78 bits per heavy atom. The maximum Gasteiger partial charge on any atom is 0.0567 e. The summed E-state index contributed by atoms with van der Waals surface area (Å²) in [4.78, 5) is 5.01. The molecule has 1 nitrogen and oxygen atoms in total. The van der Waals surface area contributed by atoms with E-state index in [1.54, 1.807) is 0 Å². The van der Waals surface area contributed by atoms with Gasteiger partial charge in [-0.1, -0.05) is 104 Å². The minimum Gasteiger partial charge on any atom is -0.289 e. The Balaban J connectivity index is 1.86. The van der Waals surface area contributed by atoms with Crippen LogP contribution in [0.3, 0.4) is 0 Å². The van der Waals surface area contributed by atoms with Gasteiger partial charge in [-0.15, -0.1) is 0 Å². The van der Waals surface area contributed by atoms with Crippen LogP contribution < -0.4 is 10.6 Å². The van der Waals surface area contributed by atoms with Crippen LogP contribution in [-0.2, 0) is 0 Å². The summed E-state index contributed by atoms with van der Waals surface area (Å²) >= 11 is 0. The second-order valence-corrected chi connectivity index (χ2v) is 9.54. The standard InChI is InChI=1S/C25H28NP/c1-20(2)25(26-18-22-16-14-21(3)15-17-22)19-27(23-10-6-4-7-11-23)24-12-8-5-9-13-24/h4-18,20,25H,19H2,1-3H3/t25-/m1/s1. The molecule has 0 amide bonds. The van der Waals surface area contributed by atoms with Gasteiger partial charge >= 0.3 is 0 Å². The SMILES string of the molecule is Cc1ccc(C=N[C@H](CP(c2ccccc2)c2ccccc2)C(C)C)cc1. The van der Waals surface area contributed by atoms with E-state index in [-0.39, 0.29) is 0 Å². The molecule has 138 valence electrons. The lowest BCUT2D eigenvalue weighted by Gasteiger charge is -2.25. The molecule has 0 aliphatic heterocycles. The van der Waals surface area contributed by atoms with E-state index in [0.29, 0.717) is 12.0 Å². The van der Waals surface area contributed by atoms with Crippen LogP contribution in [0.15, 0.2) is 89.9 Å². The van der Waals surface area contributed by atoms with E-state index in [2.05, 4.69) is 106 Å². The van der Waals surface area contributed by atoms with Gasteiger partial charge in [-0.05, 0) is 43.1 Å². The van der Waals surface area contributed by atoms with Gasteiger partial charge in [0.1, 0.15) is 0 Å². The van der Waals surface area contributed by atoms with Crippen LogP contribution in [0.5, 0.6) is 0 Å². The predicted octanol–water partition coefficient (Wildman–Crippen LogP) is 5.57. The van der Waals surface area contributed by atoms with Gasteiger partial charge in [0.15, 0.2) is 0 Å². The number of hydrogen-bond donors (Lipinski definition) is 0. The fourth-order valence-corrected chi connectivity index (χ4v) is 5.70. The topological polar surface area (TPSA) is 12.4 Å². The van der Waals surface area contributed by atoms with Gasteiger partial charge < -0.3 is 0 Å². The third-order valence-electron chi connectivity index (χ3n) is 4.77. The second kappa shape index (κ2) is 9.62. The van der Waals surface area contributed by atoms with E-state index in [9.17, 15) is 0 Å². The molecule has 0 saturated heterocycles. The van der Waals surface area contributed by atoms with Crippen molar-refractivity contribution in [2.45, 2.75) is 26.8 Å². The zero-order chi connectivity index (χ0) is 19.1. The average molecular weight is 373 g/mol. The first kappa shape index (κ1) is 19.5. The highest BCUT2D eigenvalue weighted by Crippen LogP contribution is 2.36. The summed E-state index contributed by atoms with van der Waals surface area (Å²) in [6.07, 6.45) is 3.12. The molecule has 0 aliphatic rings. The highest BCUT2D eigenvalue weighted by molar-refractivity contribution is 7.73. The quantitative estimate of drug-likeness (QED) is 0.379. The lowest BCUT2D eigenvalue weighted by atomic mass is 10.1. The zero-order valence-corrected chi connectivity index (χ0v) is 17.3. The number of hydrogen-bond acceptors (Lipinski definition) is 1. The van der Waals surface area contributed by atoms with E-state index >= 15 is 0 Å². The predicted molar refractivity (Wildman–Crippen MR) is 121 cm³/mol. The maximum atomic E-state index is 5.01. The van der Waals surface area contributed by atoms with Crippen LogP contribution in [0.2, 0.25) is 0 Å². The molecule has 0 spiro atoms. The summed E-state index contributed by atoms with van der Waals surface area (Å²) in [6, 6.07) is 30.7. The van der Waals surface area contributed by atoms with Gasteiger partial charge in [-0.3, -0.25) is 4.99 Å². The summed E-state index contributed by atoms with van der Waals surface area (Å²) in [6.45, 7) is 6.67. The summed E-state index contributed by atoms with van der Waals surface area (Å²) in [5.74, 6) is 0.504. The number of aliphatic imine (C=N–C) groups is 1. The molecule has 0 fully saturated rings. The summed E-state index contributed by atoms with van der Waals surface area (Å²) < 4.78 is 0. The molecule has 0 aromatic heterocycles. The fraction of sp³-hybridized carbons (Fsp3) is 0.240. The number of aryl methyl sites for hydroxylation is 1. The molecule has 1 atom stereocenters. The Hall–Kier alpha value is -2.24. The first-order chi connectivity index (χ1) is 13.1. The molecule has 3 aromatic carbocycles. The maximum absolute atomic E-state index is 5.01. The zero-order valence-electron chi connectivity index (χ0n) is 16.4. The van der Waals surface area contributed by atoms with E-state index in [0.717, 1.165) is 6.16 Å². The molecule has 0 aliphatic carbocycles. The van der Waals surface area contributed by atoms with Crippen molar-refractivity contribution in [2.24, 2.45) is 10.9 Å². The van der Waals surface area contributed by atoms with Gasteiger partial charge in [-0.25, -0.2) is 0 Å². The van der Waals surface area contributed by atoms with E-state index in [1.165, 1.54) is 21.7 Å². The van der Waals surface area contributed by atoms with Gasteiger partial charge in [0.25, 0.3) is 0 Å². The summed E-state index contributed by atoms with van der Waals surface area (Å²) in [5, 5.41) is 2.85. The third-order valence-corrected chi connectivity index (χ3v) is 7.35. The fourth-order valence-electron chi connectivity index (χ4n) is 3.03. The number of nitrogens with zero attached hydrogens (tertiary/aromatic N) is 1. The molecule has 3 rings (SSSR count). The molecule has 0 radical (unpaired) electrons. The lowest BCUT2D eigenvalue weighted by Crippen LogP contribution is -2.24. The lowest BCUT2D eigenvalue weighted by molar-refractivity contribution is 0.538. The van der Waals surface area contributed by atoms with Crippen LogP contribution in [0, 0.1) is 12.8 Å². The van der Waals surface area contributed by atoms with E-state index in [4.69, 9.17) is 4.99 Å². The van der Waals surface area contributed by atoms with Crippen LogP contribution in [0.1, 0.15) is 25.0 Å². The molecule has 2 heteroatoms. The monoisotopic (exact) mass is 373 g/mol. The number of benzene rings is 3. The highest BCUT2D eigenvalue weighted by atomic mass is 31.1. The summed E-state index contributed by atoms with van der Waals surface area (Å²) in [7, 11) is -0.422. The van der Waals surface area contributed by atoms with Crippen molar-refractivity contribution >= 4 is 24.7 Å².